The molecule has 2 N–H and O–H groups in total. The summed E-state index contributed by atoms with van der Waals surface area (Å²) < 4.78 is 5.24. The Morgan fingerprint density at radius 1 is 0.909 bits per heavy atom. The zero-order valence-corrected chi connectivity index (χ0v) is 18.8. The van der Waals surface area contributed by atoms with Crippen LogP contribution in [0.2, 0.25) is 5.02 Å². The molecule has 0 radical (unpaired) electrons. The van der Waals surface area contributed by atoms with Crippen molar-refractivity contribution in [3.8, 4) is 5.75 Å². The molecule has 3 aromatic carbocycles. The first-order chi connectivity index (χ1) is 15.9. The van der Waals surface area contributed by atoms with Crippen molar-refractivity contribution in [2.45, 2.75) is 0 Å². The maximum atomic E-state index is 12.9. The van der Waals surface area contributed by atoms with Crippen molar-refractivity contribution in [2.75, 3.05) is 22.6 Å². The second-order valence-corrected chi connectivity index (χ2v) is 7.79. The normalized spacial score (nSPS) is 13.4. The highest BCUT2D eigenvalue weighted by Crippen LogP contribution is 2.31. The molecule has 0 aliphatic carbocycles. The van der Waals surface area contributed by atoms with Crippen LogP contribution < -0.4 is 20.3 Å². The van der Waals surface area contributed by atoms with E-state index in [0.29, 0.717) is 33.4 Å². The number of hydrogen-bond donors (Lipinski definition) is 2. The maximum absolute atomic E-state index is 12.9. The predicted molar refractivity (Wildman–Crippen MR) is 128 cm³/mol. The van der Waals surface area contributed by atoms with Gasteiger partial charge in [0.2, 0.25) is 0 Å². The molecule has 7 nitrogen and oxygen atoms in total. The van der Waals surface area contributed by atoms with Crippen molar-refractivity contribution in [3.05, 3.63) is 94.1 Å². The fourth-order valence-corrected chi connectivity index (χ4v) is 3.65. The van der Waals surface area contributed by atoms with Crippen LogP contribution in [-0.2, 0) is 9.59 Å². The molecule has 166 valence electrons. The lowest BCUT2D eigenvalue weighted by atomic mass is 10.1. The standard InChI is InChI=1S/C24H17Cl2N3O4/c1-33-19-8-3-2-7-18(19)28-22(30)14-9-11-16(12-10-14)27-21-20(26)23(31)29(24(21)32)17-6-4-5-15(25)13-17/h2-13,27H,1H3,(H,28,30). The summed E-state index contributed by atoms with van der Waals surface area (Å²) in [6.45, 7) is 0. The molecule has 0 saturated carbocycles. The van der Waals surface area contributed by atoms with Gasteiger partial charge in [-0.3, -0.25) is 14.4 Å². The fraction of sp³-hybridized carbons (Fsp3) is 0.0417. The number of carbonyl (C=O) groups excluding carboxylic acids is 3. The van der Waals surface area contributed by atoms with E-state index in [-0.39, 0.29) is 16.6 Å². The molecule has 0 atom stereocenters. The van der Waals surface area contributed by atoms with E-state index in [1.807, 2.05) is 0 Å². The summed E-state index contributed by atoms with van der Waals surface area (Å²) in [5.74, 6) is -1.05. The summed E-state index contributed by atoms with van der Waals surface area (Å²) in [4.78, 5) is 39.0. The molecule has 0 saturated heterocycles. The Kier molecular flexibility index (Phi) is 6.35. The van der Waals surface area contributed by atoms with Crippen LogP contribution in [0.5, 0.6) is 5.75 Å². The van der Waals surface area contributed by atoms with Gasteiger partial charge in [0.15, 0.2) is 0 Å². The van der Waals surface area contributed by atoms with Crippen molar-refractivity contribution in [1.29, 1.82) is 0 Å². The van der Waals surface area contributed by atoms with Gasteiger partial charge in [0, 0.05) is 16.3 Å². The van der Waals surface area contributed by atoms with Crippen LogP contribution in [0, 0.1) is 0 Å². The first-order valence-corrected chi connectivity index (χ1v) is 10.5. The third-order valence-corrected chi connectivity index (χ3v) is 5.45. The van der Waals surface area contributed by atoms with E-state index in [2.05, 4.69) is 10.6 Å². The highest BCUT2D eigenvalue weighted by molar-refractivity contribution is 6.53. The van der Waals surface area contributed by atoms with Gasteiger partial charge in [-0.1, -0.05) is 41.4 Å². The zero-order chi connectivity index (χ0) is 23.5. The topological polar surface area (TPSA) is 87.7 Å². The van der Waals surface area contributed by atoms with E-state index in [4.69, 9.17) is 27.9 Å². The highest BCUT2D eigenvalue weighted by atomic mass is 35.5. The number of ether oxygens (including phenoxy) is 1. The van der Waals surface area contributed by atoms with Gasteiger partial charge >= 0.3 is 0 Å². The molecule has 33 heavy (non-hydrogen) atoms. The molecule has 1 heterocycles. The van der Waals surface area contributed by atoms with Gasteiger partial charge in [-0.25, -0.2) is 4.90 Å². The highest BCUT2D eigenvalue weighted by Gasteiger charge is 2.39. The average molecular weight is 482 g/mol. The SMILES string of the molecule is COc1ccccc1NC(=O)c1ccc(NC2=C(Cl)C(=O)N(c3cccc(Cl)c3)C2=O)cc1. The molecule has 1 aliphatic rings. The van der Waals surface area contributed by atoms with Gasteiger partial charge in [0.1, 0.15) is 16.5 Å². The molecule has 0 aromatic heterocycles. The Hall–Kier alpha value is -3.81. The summed E-state index contributed by atoms with van der Waals surface area (Å²) in [5.41, 5.74) is 1.66. The van der Waals surface area contributed by atoms with Crippen molar-refractivity contribution in [1.82, 2.24) is 0 Å². The molecule has 1 aliphatic heterocycles. The number of nitrogens with zero attached hydrogens (tertiary/aromatic N) is 1. The van der Waals surface area contributed by atoms with Gasteiger partial charge in [0.05, 0.1) is 18.5 Å². The zero-order valence-electron chi connectivity index (χ0n) is 17.3. The Morgan fingerprint density at radius 2 is 1.64 bits per heavy atom. The van der Waals surface area contributed by atoms with Gasteiger partial charge in [0.25, 0.3) is 17.7 Å². The Morgan fingerprint density at radius 3 is 2.33 bits per heavy atom. The van der Waals surface area contributed by atoms with E-state index in [1.54, 1.807) is 66.7 Å². The minimum absolute atomic E-state index is 0.0622. The second-order valence-electron chi connectivity index (χ2n) is 6.97. The largest absolute Gasteiger partial charge is 0.495 e. The summed E-state index contributed by atoms with van der Waals surface area (Å²) >= 11 is 12.1. The number of rotatable bonds is 6. The molecule has 0 fully saturated rings. The predicted octanol–water partition coefficient (Wildman–Crippen LogP) is 5.04. The monoisotopic (exact) mass is 481 g/mol. The molecule has 0 unspecified atom stereocenters. The Bertz CT molecular complexity index is 1290. The van der Waals surface area contributed by atoms with E-state index < -0.39 is 11.8 Å². The van der Waals surface area contributed by atoms with Gasteiger partial charge in [-0.05, 0) is 54.6 Å². The number of anilines is 3. The Balaban J connectivity index is 1.49. The molecule has 9 heteroatoms. The average Bonchev–Trinajstić information content (AvgIpc) is 3.03. The molecule has 0 spiro atoms. The lowest BCUT2D eigenvalue weighted by Crippen LogP contribution is -2.32. The quantitative estimate of drug-likeness (QED) is 0.481. The van der Waals surface area contributed by atoms with Crippen molar-refractivity contribution >= 4 is 58.0 Å². The maximum Gasteiger partial charge on any atom is 0.283 e. The summed E-state index contributed by atoms with van der Waals surface area (Å²) in [5, 5.41) is 5.80. The first kappa shape index (κ1) is 22.4. The van der Waals surface area contributed by atoms with E-state index >= 15 is 0 Å². The van der Waals surface area contributed by atoms with Gasteiger partial charge in [-0.2, -0.15) is 0 Å². The van der Waals surface area contributed by atoms with Crippen LogP contribution in [0.1, 0.15) is 10.4 Å². The Labute approximate surface area is 199 Å². The number of benzene rings is 3. The molecule has 3 aromatic rings. The first-order valence-electron chi connectivity index (χ1n) is 9.74. The number of hydrogen-bond acceptors (Lipinski definition) is 5. The summed E-state index contributed by atoms with van der Waals surface area (Å²) in [7, 11) is 1.52. The third-order valence-electron chi connectivity index (χ3n) is 4.87. The van der Waals surface area contributed by atoms with Gasteiger partial charge in [-0.15, -0.1) is 0 Å². The number of methoxy groups -OCH3 is 1. The van der Waals surface area contributed by atoms with Gasteiger partial charge < -0.3 is 15.4 Å². The molecular formula is C24H17Cl2N3O4. The molecular weight excluding hydrogens is 465 g/mol. The third kappa shape index (κ3) is 4.55. The van der Waals surface area contributed by atoms with Crippen LogP contribution >= 0.6 is 23.2 Å². The van der Waals surface area contributed by atoms with Crippen LogP contribution in [0.15, 0.2) is 83.5 Å². The van der Waals surface area contributed by atoms with Crippen LogP contribution in [0.3, 0.4) is 0 Å². The summed E-state index contributed by atoms with van der Waals surface area (Å²) in [6, 6.07) is 19.8. The lowest BCUT2D eigenvalue weighted by molar-refractivity contribution is -0.120. The second kappa shape index (κ2) is 9.36. The van der Waals surface area contributed by atoms with E-state index in [0.717, 1.165) is 4.90 Å². The summed E-state index contributed by atoms with van der Waals surface area (Å²) in [6.07, 6.45) is 0. The number of halogens is 2. The molecule has 3 amide bonds. The van der Waals surface area contributed by atoms with Crippen molar-refractivity contribution < 1.29 is 19.1 Å². The van der Waals surface area contributed by atoms with Crippen LogP contribution in [0.4, 0.5) is 17.1 Å². The molecule has 4 rings (SSSR count). The number of carbonyl (C=O) groups is 3. The minimum atomic E-state index is -0.653. The number of amides is 3. The number of para-hydroxylation sites is 2. The lowest BCUT2D eigenvalue weighted by Gasteiger charge is -2.15. The smallest absolute Gasteiger partial charge is 0.283 e. The number of nitrogens with one attached hydrogen (secondary N) is 2. The van der Waals surface area contributed by atoms with Crippen molar-refractivity contribution in [3.63, 3.8) is 0 Å². The van der Waals surface area contributed by atoms with Crippen molar-refractivity contribution in [2.24, 2.45) is 0 Å². The van der Waals surface area contributed by atoms with Crippen LogP contribution in [0.25, 0.3) is 0 Å². The fourth-order valence-electron chi connectivity index (χ4n) is 3.25. The number of imide groups is 1. The van der Waals surface area contributed by atoms with Crippen LogP contribution in [-0.4, -0.2) is 24.8 Å². The molecule has 0 bridgehead atoms. The van der Waals surface area contributed by atoms with E-state index in [1.165, 1.54) is 13.2 Å². The minimum Gasteiger partial charge on any atom is -0.495 e. The van der Waals surface area contributed by atoms with E-state index in [9.17, 15) is 14.4 Å².